The Hall–Kier alpha value is -4.14. The van der Waals surface area contributed by atoms with Crippen molar-refractivity contribution in [3.63, 3.8) is 0 Å². The van der Waals surface area contributed by atoms with Crippen LogP contribution < -0.4 is 14.8 Å². The number of nitrogens with zero attached hydrogens (tertiary/aromatic N) is 4. The Kier molecular flexibility index (Phi) is 9.66. The zero-order chi connectivity index (χ0) is 37.9. The Labute approximate surface area is 317 Å². The van der Waals surface area contributed by atoms with Crippen molar-refractivity contribution in [1.29, 1.82) is 0 Å². The number of hydrogen-bond acceptors (Lipinski definition) is 7. The van der Waals surface area contributed by atoms with Crippen LogP contribution in [0.15, 0.2) is 36.4 Å². The summed E-state index contributed by atoms with van der Waals surface area (Å²) in [5, 5.41) is 3.81. The molecule has 4 atom stereocenters. The molecular formula is C40H52N6O7S. The maximum atomic E-state index is 15.3. The molecule has 4 aliphatic heterocycles. The quantitative estimate of drug-likeness (QED) is 0.384. The van der Waals surface area contributed by atoms with Crippen molar-refractivity contribution >= 4 is 39.0 Å². The molecule has 0 radical (unpaired) electrons. The molecule has 2 aromatic carbocycles. The highest BCUT2D eigenvalue weighted by Crippen LogP contribution is 2.60. The molecule has 6 aliphatic rings. The van der Waals surface area contributed by atoms with Crippen molar-refractivity contribution in [2.24, 2.45) is 23.2 Å². The number of methoxy groups -OCH3 is 1. The van der Waals surface area contributed by atoms with E-state index < -0.39 is 21.5 Å². The lowest BCUT2D eigenvalue weighted by Gasteiger charge is -2.42. The van der Waals surface area contributed by atoms with Crippen LogP contribution in [0.1, 0.15) is 65.9 Å². The zero-order valence-corrected chi connectivity index (χ0v) is 32.5. The van der Waals surface area contributed by atoms with E-state index in [4.69, 9.17) is 9.47 Å². The van der Waals surface area contributed by atoms with Gasteiger partial charge in [0.15, 0.2) is 0 Å². The van der Waals surface area contributed by atoms with Crippen molar-refractivity contribution in [2.75, 3.05) is 67.6 Å². The lowest BCUT2D eigenvalue weighted by molar-refractivity contribution is -0.142. The maximum absolute atomic E-state index is 15.3. The molecule has 290 valence electrons. The minimum atomic E-state index is -4.01. The van der Waals surface area contributed by atoms with Gasteiger partial charge in [0.2, 0.25) is 5.91 Å². The number of ether oxygens (including phenoxy) is 2. The molecule has 0 spiro atoms. The van der Waals surface area contributed by atoms with Crippen LogP contribution in [0.3, 0.4) is 0 Å². The predicted octanol–water partition coefficient (Wildman–Crippen LogP) is 4.21. The highest BCUT2D eigenvalue weighted by molar-refractivity contribution is 7.87. The number of aromatic nitrogens is 1. The molecule has 2 N–H and O–H groups in total. The molecule has 2 bridgehead atoms. The van der Waals surface area contributed by atoms with Crippen LogP contribution >= 0.6 is 0 Å². The van der Waals surface area contributed by atoms with Crippen LogP contribution in [-0.2, 0) is 32.7 Å². The number of carbonyl (C=O) groups is 3. The van der Waals surface area contributed by atoms with Gasteiger partial charge in [0.05, 0.1) is 31.4 Å². The van der Waals surface area contributed by atoms with Crippen molar-refractivity contribution in [3.05, 3.63) is 53.1 Å². The van der Waals surface area contributed by atoms with Gasteiger partial charge in [-0.3, -0.25) is 9.59 Å². The zero-order valence-electron chi connectivity index (χ0n) is 31.7. The fourth-order valence-corrected chi connectivity index (χ4v) is 10.3. The molecule has 3 aromatic rings. The van der Waals surface area contributed by atoms with E-state index >= 15 is 4.79 Å². The number of hydrogen-bond donors (Lipinski definition) is 2. The highest BCUT2D eigenvalue weighted by Gasteiger charge is 2.62. The number of carbonyl (C=O) groups excluding carboxylic acids is 3. The number of urea groups is 1. The van der Waals surface area contributed by atoms with E-state index in [0.717, 1.165) is 76.3 Å². The number of fused-ring (bicyclic) bond motifs is 12. The van der Waals surface area contributed by atoms with E-state index in [1.807, 2.05) is 23.1 Å². The second-order valence-corrected chi connectivity index (χ2v) is 18.2. The molecule has 9 rings (SSSR count). The van der Waals surface area contributed by atoms with E-state index in [9.17, 15) is 18.0 Å². The van der Waals surface area contributed by atoms with E-state index in [-0.39, 0.29) is 35.3 Å². The normalized spacial score (nSPS) is 25.7. The van der Waals surface area contributed by atoms with E-state index in [2.05, 4.69) is 31.6 Å². The first-order chi connectivity index (χ1) is 25.9. The molecule has 14 heteroatoms. The second-order valence-electron chi connectivity index (χ2n) is 16.4. The van der Waals surface area contributed by atoms with Crippen molar-refractivity contribution in [2.45, 2.75) is 57.4 Å². The number of benzene rings is 2. The van der Waals surface area contributed by atoms with Crippen LogP contribution in [-0.4, -0.2) is 113 Å². The average Bonchev–Trinajstić information content (AvgIpc) is 3.72. The smallest absolute Gasteiger partial charge is 0.317 e. The van der Waals surface area contributed by atoms with E-state index in [1.165, 1.54) is 26.1 Å². The van der Waals surface area contributed by atoms with Gasteiger partial charge in [-0.25, -0.2) is 9.52 Å². The van der Waals surface area contributed by atoms with E-state index in [0.29, 0.717) is 51.9 Å². The van der Waals surface area contributed by atoms with Gasteiger partial charge in [-0.2, -0.15) is 12.7 Å². The molecule has 5 heterocycles. The number of amides is 4. The minimum Gasteiger partial charge on any atom is -0.497 e. The summed E-state index contributed by atoms with van der Waals surface area (Å²) in [6.07, 6.45) is 7.06. The lowest BCUT2D eigenvalue weighted by Crippen LogP contribution is -2.56. The van der Waals surface area contributed by atoms with Crippen molar-refractivity contribution < 1.29 is 32.3 Å². The Bertz CT molecular complexity index is 2080. The lowest BCUT2D eigenvalue weighted by atomic mass is 9.80. The fraction of sp³-hybridized carbons (Fsp3) is 0.575. The summed E-state index contributed by atoms with van der Waals surface area (Å²) in [4.78, 5) is 45.4. The third-order valence-corrected chi connectivity index (χ3v) is 14.0. The molecule has 2 aliphatic carbocycles. The van der Waals surface area contributed by atoms with Gasteiger partial charge in [-0.1, -0.05) is 25.3 Å². The Morgan fingerprint density at radius 3 is 2.31 bits per heavy atom. The molecule has 1 aromatic heterocycles. The van der Waals surface area contributed by atoms with Gasteiger partial charge in [0.1, 0.15) is 5.75 Å². The molecular weight excluding hydrogens is 709 g/mol. The summed E-state index contributed by atoms with van der Waals surface area (Å²) in [7, 11) is 2.07. The maximum Gasteiger partial charge on any atom is 0.317 e. The molecule has 2 saturated carbocycles. The monoisotopic (exact) mass is 760 g/mol. The van der Waals surface area contributed by atoms with Crippen LogP contribution in [0.5, 0.6) is 5.75 Å². The number of nitrogens with one attached hydrogen (secondary N) is 2. The number of rotatable bonds is 6. The van der Waals surface area contributed by atoms with Crippen LogP contribution in [0.4, 0.5) is 4.79 Å². The molecule has 0 unspecified atom stereocenters. The van der Waals surface area contributed by atoms with Crippen molar-refractivity contribution in [1.82, 2.24) is 28.7 Å². The van der Waals surface area contributed by atoms with E-state index in [1.54, 1.807) is 20.2 Å². The van der Waals surface area contributed by atoms with Crippen LogP contribution in [0, 0.1) is 23.2 Å². The Morgan fingerprint density at radius 1 is 0.944 bits per heavy atom. The van der Waals surface area contributed by atoms with Gasteiger partial charge in [-0.15, -0.1) is 0 Å². The summed E-state index contributed by atoms with van der Waals surface area (Å²) >= 11 is 0. The van der Waals surface area contributed by atoms with Crippen molar-refractivity contribution in [3.8, 4) is 17.0 Å². The first kappa shape index (κ1) is 36.8. The summed E-state index contributed by atoms with van der Waals surface area (Å²) in [5.41, 5.74) is 5.00. The van der Waals surface area contributed by atoms with Crippen LogP contribution in [0.2, 0.25) is 0 Å². The van der Waals surface area contributed by atoms with Gasteiger partial charge in [0, 0.05) is 87.7 Å². The highest BCUT2D eigenvalue weighted by atomic mass is 32.2. The summed E-state index contributed by atoms with van der Waals surface area (Å²) in [6.45, 7) is 3.50. The molecule has 4 amide bonds. The molecule has 13 nitrogen and oxygen atoms in total. The van der Waals surface area contributed by atoms with Crippen LogP contribution in [0.25, 0.3) is 22.2 Å². The molecule has 5 fully saturated rings. The average molecular weight is 761 g/mol. The Balaban J connectivity index is 1.26. The summed E-state index contributed by atoms with van der Waals surface area (Å²) in [6, 6.07) is 11.7. The third kappa shape index (κ3) is 6.53. The SMILES string of the molecule is CNC(=O)N1C[C@H]2COC[C@@H](C1)CN(C(=O)[C@]13C[C@H]1Cc1cc(OC)ccc1-c1c(C4CCCCC4)c4ccc(C(=O)NS(=O)(=O)N(C)C)cc4n1C3)C2. The summed E-state index contributed by atoms with van der Waals surface area (Å²) in [5.74, 6) is 0.584. The minimum absolute atomic E-state index is 0.0139. The van der Waals surface area contributed by atoms with Gasteiger partial charge >= 0.3 is 16.2 Å². The Morgan fingerprint density at radius 2 is 1.65 bits per heavy atom. The first-order valence-corrected chi connectivity index (χ1v) is 20.8. The molecule has 54 heavy (non-hydrogen) atoms. The van der Waals surface area contributed by atoms with Gasteiger partial charge < -0.3 is 29.2 Å². The van der Waals surface area contributed by atoms with Gasteiger partial charge in [0.25, 0.3) is 5.91 Å². The molecule has 3 saturated heterocycles. The van der Waals surface area contributed by atoms with Gasteiger partial charge in [-0.05, 0) is 79.0 Å². The summed E-state index contributed by atoms with van der Waals surface area (Å²) < 4.78 is 42.7. The standard InChI is InChI=1S/C40H52N6O7S/c1-41-39(49)45-20-25-18-44(19-26(21-45)23-53-22-25)38(48)40-17-30(40)14-29-15-31(52-4)11-13-32(29)36-35(27-8-6-5-7-9-27)33-12-10-28(16-34(33)46(36)24-40)37(47)42-54(50,51)43(2)3/h10-13,15-16,25-27,30H,5-9,14,17-24H2,1-4H3,(H,41,49)(H,42,47)/t25-,26+,30-,40+/m1/s1. The third-order valence-electron chi connectivity index (χ3n) is 12.6. The predicted molar refractivity (Wildman–Crippen MR) is 204 cm³/mol. The first-order valence-electron chi connectivity index (χ1n) is 19.3. The fourth-order valence-electron chi connectivity index (χ4n) is 9.79. The topological polar surface area (TPSA) is 143 Å². The largest absolute Gasteiger partial charge is 0.497 e. The second kappa shape index (κ2) is 14.2.